The van der Waals surface area contributed by atoms with E-state index in [1.165, 1.54) is 12.1 Å². The van der Waals surface area contributed by atoms with Crippen molar-refractivity contribution < 1.29 is 8.78 Å². The van der Waals surface area contributed by atoms with Crippen LogP contribution in [0.4, 0.5) is 14.5 Å². The number of H-pyrrole nitrogens is 2. The molecule has 2 aromatic heterocycles. The molecule has 1 aliphatic rings. The Labute approximate surface area is 148 Å². The van der Waals surface area contributed by atoms with Crippen LogP contribution in [0.1, 0.15) is 12.8 Å². The first-order valence-corrected chi connectivity index (χ1v) is 8.70. The lowest BCUT2D eigenvalue weighted by Crippen LogP contribution is -2.34. The molecular formula is C19H17F2N5. The fraction of sp³-hybridized carbons (Fsp3) is 0.263. The lowest BCUT2D eigenvalue weighted by molar-refractivity contribution is 0.277. The van der Waals surface area contributed by atoms with E-state index in [2.05, 4.69) is 25.1 Å². The standard InChI is InChI=1S/C19H17F2N5/c20-11-5-7-26(8-6-11)13-2-4-15-17(10-13)23-19(22-15)18-14-3-1-12(21)9-16(14)24-25-18/h1-4,9-11H,5-8H2,(H,22,23)(H,24,25). The molecule has 26 heavy (non-hydrogen) atoms. The Morgan fingerprint density at radius 3 is 2.73 bits per heavy atom. The summed E-state index contributed by atoms with van der Waals surface area (Å²) in [5.41, 5.74) is 4.10. The Morgan fingerprint density at radius 1 is 1.04 bits per heavy atom. The maximum atomic E-state index is 13.4. The molecule has 0 amide bonds. The van der Waals surface area contributed by atoms with Crippen molar-refractivity contribution in [2.45, 2.75) is 19.0 Å². The Bertz CT molecular complexity index is 1090. The normalized spacial score (nSPS) is 16.0. The maximum absolute atomic E-state index is 13.4. The minimum absolute atomic E-state index is 0.306. The van der Waals surface area contributed by atoms with Crippen LogP contribution < -0.4 is 4.90 Å². The first kappa shape index (κ1) is 15.3. The Hall–Kier alpha value is -2.96. The van der Waals surface area contributed by atoms with Gasteiger partial charge in [0.2, 0.25) is 0 Å². The zero-order chi connectivity index (χ0) is 17.7. The molecule has 0 atom stereocenters. The van der Waals surface area contributed by atoms with Gasteiger partial charge in [0.05, 0.1) is 16.6 Å². The molecule has 0 unspecified atom stereocenters. The highest BCUT2D eigenvalue weighted by atomic mass is 19.1. The summed E-state index contributed by atoms with van der Waals surface area (Å²) in [5, 5.41) is 7.95. The number of benzene rings is 2. The van der Waals surface area contributed by atoms with Gasteiger partial charge in [-0.1, -0.05) is 0 Å². The Morgan fingerprint density at radius 2 is 1.88 bits per heavy atom. The maximum Gasteiger partial charge on any atom is 0.159 e. The van der Waals surface area contributed by atoms with Crippen molar-refractivity contribution in [3.8, 4) is 11.5 Å². The van der Waals surface area contributed by atoms with Crippen molar-refractivity contribution in [3.05, 3.63) is 42.2 Å². The number of fused-ring (bicyclic) bond motifs is 2. The smallest absolute Gasteiger partial charge is 0.159 e. The quantitative estimate of drug-likeness (QED) is 0.568. The van der Waals surface area contributed by atoms with E-state index in [1.54, 1.807) is 6.07 Å². The number of halogens is 2. The van der Waals surface area contributed by atoms with Gasteiger partial charge in [0.25, 0.3) is 0 Å². The average Bonchev–Trinajstić information content (AvgIpc) is 3.24. The highest BCUT2D eigenvalue weighted by Gasteiger charge is 2.19. The molecule has 0 saturated carbocycles. The number of alkyl halides is 1. The topological polar surface area (TPSA) is 60.6 Å². The molecule has 5 rings (SSSR count). The van der Waals surface area contributed by atoms with Crippen LogP contribution in [0.25, 0.3) is 33.5 Å². The van der Waals surface area contributed by atoms with Crippen LogP contribution in [0.2, 0.25) is 0 Å². The number of imidazole rings is 1. The zero-order valence-electron chi connectivity index (χ0n) is 14.0. The highest BCUT2D eigenvalue weighted by molar-refractivity contribution is 5.93. The number of hydrogen-bond acceptors (Lipinski definition) is 3. The first-order chi connectivity index (χ1) is 12.7. The van der Waals surface area contributed by atoms with Gasteiger partial charge in [-0.3, -0.25) is 5.10 Å². The zero-order valence-corrected chi connectivity index (χ0v) is 14.0. The van der Waals surface area contributed by atoms with Crippen LogP contribution in [0.3, 0.4) is 0 Å². The number of aromatic amines is 2. The Kier molecular flexibility index (Phi) is 3.41. The van der Waals surface area contributed by atoms with Gasteiger partial charge in [0, 0.05) is 24.2 Å². The number of anilines is 1. The Balaban J connectivity index is 1.53. The van der Waals surface area contributed by atoms with E-state index in [4.69, 9.17) is 0 Å². The fourth-order valence-corrected chi connectivity index (χ4v) is 3.58. The van der Waals surface area contributed by atoms with E-state index in [9.17, 15) is 8.78 Å². The number of aromatic nitrogens is 4. The van der Waals surface area contributed by atoms with E-state index in [0.29, 0.717) is 29.9 Å². The molecule has 0 spiro atoms. The summed E-state index contributed by atoms with van der Waals surface area (Å²) in [7, 11) is 0. The second-order valence-electron chi connectivity index (χ2n) is 6.71. The van der Waals surface area contributed by atoms with Gasteiger partial charge in [-0.25, -0.2) is 13.8 Å². The van der Waals surface area contributed by atoms with E-state index in [-0.39, 0.29) is 5.82 Å². The molecule has 3 heterocycles. The first-order valence-electron chi connectivity index (χ1n) is 8.70. The van der Waals surface area contributed by atoms with Crippen LogP contribution in [-0.2, 0) is 0 Å². The summed E-state index contributed by atoms with van der Waals surface area (Å²) in [6, 6.07) is 10.5. The predicted octanol–water partition coefficient (Wildman–Crippen LogP) is 4.18. The molecule has 7 heteroatoms. The summed E-state index contributed by atoms with van der Waals surface area (Å²) >= 11 is 0. The average molecular weight is 353 g/mol. The second-order valence-corrected chi connectivity index (χ2v) is 6.71. The van der Waals surface area contributed by atoms with Crippen LogP contribution in [-0.4, -0.2) is 39.4 Å². The van der Waals surface area contributed by atoms with E-state index in [1.807, 2.05) is 18.2 Å². The van der Waals surface area contributed by atoms with Crippen molar-refractivity contribution in [2.75, 3.05) is 18.0 Å². The predicted molar refractivity (Wildman–Crippen MR) is 97.5 cm³/mol. The van der Waals surface area contributed by atoms with E-state index < -0.39 is 6.17 Å². The summed E-state index contributed by atoms with van der Waals surface area (Å²) in [6.45, 7) is 1.45. The summed E-state index contributed by atoms with van der Waals surface area (Å²) < 4.78 is 26.7. The van der Waals surface area contributed by atoms with Gasteiger partial charge >= 0.3 is 0 Å². The van der Waals surface area contributed by atoms with Crippen LogP contribution in [0.15, 0.2) is 36.4 Å². The number of nitrogens with zero attached hydrogens (tertiary/aromatic N) is 3. The third-order valence-electron chi connectivity index (χ3n) is 5.00. The molecule has 0 aliphatic carbocycles. The lowest BCUT2D eigenvalue weighted by atomic mass is 10.1. The fourth-order valence-electron chi connectivity index (χ4n) is 3.58. The molecule has 0 radical (unpaired) electrons. The minimum atomic E-state index is -0.688. The largest absolute Gasteiger partial charge is 0.371 e. The molecular weight excluding hydrogens is 336 g/mol. The molecule has 0 bridgehead atoms. The van der Waals surface area contributed by atoms with Gasteiger partial charge in [-0.15, -0.1) is 0 Å². The van der Waals surface area contributed by atoms with Crippen molar-refractivity contribution >= 4 is 27.6 Å². The number of hydrogen-bond donors (Lipinski definition) is 2. The lowest BCUT2D eigenvalue weighted by Gasteiger charge is -2.30. The van der Waals surface area contributed by atoms with Gasteiger partial charge < -0.3 is 9.88 Å². The molecule has 5 nitrogen and oxygen atoms in total. The monoisotopic (exact) mass is 353 g/mol. The summed E-state index contributed by atoms with van der Waals surface area (Å²) in [6.07, 6.45) is 0.455. The third kappa shape index (κ3) is 2.51. The summed E-state index contributed by atoms with van der Waals surface area (Å²) in [4.78, 5) is 10.1. The SMILES string of the molecule is Fc1ccc2c(-c3nc4ccc(N5CCC(F)CC5)cc4[nH]3)n[nH]c2c1. The third-order valence-corrected chi connectivity index (χ3v) is 5.00. The van der Waals surface area contributed by atoms with Crippen molar-refractivity contribution in [1.82, 2.24) is 20.2 Å². The number of nitrogens with one attached hydrogen (secondary N) is 2. The molecule has 1 aliphatic heterocycles. The number of piperidine rings is 1. The minimum Gasteiger partial charge on any atom is -0.371 e. The van der Waals surface area contributed by atoms with Crippen LogP contribution >= 0.6 is 0 Å². The van der Waals surface area contributed by atoms with Gasteiger partial charge in [0.1, 0.15) is 17.7 Å². The number of rotatable bonds is 2. The molecule has 2 aromatic carbocycles. The van der Waals surface area contributed by atoms with Crippen LogP contribution in [0.5, 0.6) is 0 Å². The molecule has 4 aromatic rings. The van der Waals surface area contributed by atoms with Gasteiger partial charge in [0.15, 0.2) is 5.82 Å². The summed E-state index contributed by atoms with van der Waals surface area (Å²) in [5.74, 6) is 0.330. The van der Waals surface area contributed by atoms with E-state index >= 15 is 0 Å². The van der Waals surface area contributed by atoms with Crippen LogP contribution in [0, 0.1) is 5.82 Å². The van der Waals surface area contributed by atoms with Gasteiger partial charge in [-0.05, 0) is 49.2 Å². The van der Waals surface area contributed by atoms with Crippen molar-refractivity contribution in [3.63, 3.8) is 0 Å². The second kappa shape index (κ2) is 5.79. The molecule has 1 fully saturated rings. The highest BCUT2D eigenvalue weighted by Crippen LogP contribution is 2.29. The van der Waals surface area contributed by atoms with E-state index in [0.717, 1.165) is 35.2 Å². The molecule has 132 valence electrons. The van der Waals surface area contributed by atoms with Gasteiger partial charge in [-0.2, -0.15) is 5.10 Å². The van der Waals surface area contributed by atoms with Crippen molar-refractivity contribution in [2.24, 2.45) is 0 Å². The molecule has 2 N–H and O–H groups in total. The molecule has 1 saturated heterocycles. The van der Waals surface area contributed by atoms with Crippen molar-refractivity contribution in [1.29, 1.82) is 0 Å².